The number of aromatic nitrogens is 3. The van der Waals surface area contributed by atoms with Gasteiger partial charge in [0.2, 0.25) is 11.9 Å². The molecule has 0 atom stereocenters. The second-order valence-corrected chi connectivity index (χ2v) is 3.97. The summed E-state index contributed by atoms with van der Waals surface area (Å²) in [6.07, 6.45) is 3.19. The molecule has 0 saturated heterocycles. The van der Waals surface area contributed by atoms with Gasteiger partial charge >= 0.3 is 6.01 Å². The molecule has 0 amide bonds. The molecule has 1 aromatic heterocycles. The van der Waals surface area contributed by atoms with Gasteiger partial charge in [0.15, 0.2) is 0 Å². The quantitative estimate of drug-likeness (QED) is 0.623. The standard InChI is InChI=1S/C12H23N5O2/c1-4-5-8-19-9-6-7-14-11-15-10(13-2)16-12(17-11)18-3/h4-9H2,1-3H3,(H2,13,14,15,16,17). The highest BCUT2D eigenvalue weighted by atomic mass is 16.5. The number of ether oxygens (including phenoxy) is 2. The van der Waals surface area contributed by atoms with E-state index in [-0.39, 0.29) is 0 Å². The highest BCUT2D eigenvalue weighted by Gasteiger charge is 2.04. The lowest BCUT2D eigenvalue weighted by Gasteiger charge is -2.08. The average Bonchev–Trinajstić information content (AvgIpc) is 2.45. The van der Waals surface area contributed by atoms with Gasteiger partial charge in [0, 0.05) is 26.8 Å². The molecule has 0 fully saturated rings. The largest absolute Gasteiger partial charge is 0.467 e. The number of hydrogen-bond donors (Lipinski definition) is 2. The Kier molecular flexibility index (Phi) is 7.57. The number of hydrogen-bond acceptors (Lipinski definition) is 7. The smallest absolute Gasteiger partial charge is 0.322 e. The predicted molar refractivity (Wildman–Crippen MR) is 74.8 cm³/mol. The van der Waals surface area contributed by atoms with Gasteiger partial charge in [-0.3, -0.25) is 0 Å². The van der Waals surface area contributed by atoms with Crippen molar-refractivity contribution >= 4 is 11.9 Å². The van der Waals surface area contributed by atoms with E-state index < -0.39 is 0 Å². The predicted octanol–water partition coefficient (Wildman–Crippen LogP) is 1.54. The van der Waals surface area contributed by atoms with Crippen molar-refractivity contribution in [1.29, 1.82) is 0 Å². The van der Waals surface area contributed by atoms with Crippen molar-refractivity contribution in [2.45, 2.75) is 26.2 Å². The van der Waals surface area contributed by atoms with E-state index in [4.69, 9.17) is 9.47 Å². The van der Waals surface area contributed by atoms with Crippen molar-refractivity contribution in [1.82, 2.24) is 15.0 Å². The van der Waals surface area contributed by atoms with Crippen molar-refractivity contribution in [3.8, 4) is 6.01 Å². The zero-order chi connectivity index (χ0) is 13.9. The second-order valence-electron chi connectivity index (χ2n) is 3.97. The van der Waals surface area contributed by atoms with Crippen LogP contribution >= 0.6 is 0 Å². The van der Waals surface area contributed by atoms with Crippen LogP contribution in [0.2, 0.25) is 0 Å². The summed E-state index contributed by atoms with van der Waals surface area (Å²) in [7, 11) is 3.28. The molecule has 1 aromatic rings. The maximum atomic E-state index is 5.47. The first-order chi connectivity index (χ1) is 9.30. The fourth-order valence-corrected chi connectivity index (χ4v) is 1.36. The summed E-state index contributed by atoms with van der Waals surface area (Å²) >= 11 is 0. The van der Waals surface area contributed by atoms with Crippen LogP contribution in [-0.4, -0.2) is 48.9 Å². The van der Waals surface area contributed by atoms with Crippen LogP contribution in [0.1, 0.15) is 26.2 Å². The summed E-state index contributed by atoms with van der Waals surface area (Å²) in [5.41, 5.74) is 0. The van der Waals surface area contributed by atoms with E-state index in [1.165, 1.54) is 7.11 Å². The minimum absolute atomic E-state index is 0.293. The van der Waals surface area contributed by atoms with E-state index in [1.807, 2.05) is 0 Å². The van der Waals surface area contributed by atoms with Gasteiger partial charge in [-0.1, -0.05) is 13.3 Å². The molecule has 1 heterocycles. The van der Waals surface area contributed by atoms with Crippen LogP contribution < -0.4 is 15.4 Å². The normalized spacial score (nSPS) is 10.3. The average molecular weight is 269 g/mol. The number of rotatable bonds is 10. The first kappa shape index (κ1) is 15.4. The molecule has 0 spiro atoms. The SMILES string of the molecule is CCCCOCCCNc1nc(NC)nc(OC)n1. The van der Waals surface area contributed by atoms with Gasteiger partial charge in [0.25, 0.3) is 0 Å². The molecule has 7 heteroatoms. The molecule has 0 aliphatic rings. The van der Waals surface area contributed by atoms with Crippen LogP contribution in [0.5, 0.6) is 6.01 Å². The Bertz CT molecular complexity index is 340. The fraction of sp³-hybridized carbons (Fsp3) is 0.750. The number of anilines is 2. The molecule has 0 unspecified atom stereocenters. The molecule has 0 radical (unpaired) electrons. The van der Waals surface area contributed by atoms with Gasteiger partial charge in [0.1, 0.15) is 0 Å². The number of nitrogens with one attached hydrogen (secondary N) is 2. The van der Waals surface area contributed by atoms with Gasteiger partial charge in [-0.25, -0.2) is 0 Å². The minimum atomic E-state index is 0.293. The maximum absolute atomic E-state index is 5.47. The molecule has 19 heavy (non-hydrogen) atoms. The first-order valence-corrected chi connectivity index (χ1v) is 6.59. The Morgan fingerprint density at radius 2 is 1.79 bits per heavy atom. The van der Waals surface area contributed by atoms with E-state index in [1.54, 1.807) is 7.05 Å². The van der Waals surface area contributed by atoms with Crippen molar-refractivity contribution < 1.29 is 9.47 Å². The highest BCUT2D eigenvalue weighted by Crippen LogP contribution is 2.09. The zero-order valence-electron chi connectivity index (χ0n) is 11.9. The van der Waals surface area contributed by atoms with Gasteiger partial charge < -0.3 is 20.1 Å². The van der Waals surface area contributed by atoms with Crippen LogP contribution in [0.4, 0.5) is 11.9 Å². The third-order valence-electron chi connectivity index (χ3n) is 2.41. The van der Waals surface area contributed by atoms with Gasteiger partial charge in [0.05, 0.1) is 7.11 Å². The lowest BCUT2D eigenvalue weighted by atomic mass is 10.4. The molecular weight excluding hydrogens is 246 g/mol. The van der Waals surface area contributed by atoms with Gasteiger partial charge in [-0.05, 0) is 12.8 Å². The number of unbranched alkanes of at least 4 members (excludes halogenated alkanes) is 1. The number of nitrogens with zero attached hydrogens (tertiary/aromatic N) is 3. The lowest BCUT2D eigenvalue weighted by molar-refractivity contribution is 0.131. The molecular formula is C12H23N5O2. The molecule has 0 saturated carbocycles. The fourth-order valence-electron chi connectivity index (χ4n) is 1.36. The van der Waals surface area contributed by atoms with Crippen LogP contribution in [-0.2, 0) is 4.74 Å². The summed E-state index contributed by atoms with van der Waals surface area (Å²) in [6.45, 7) is 4.48. The lowest BCUT2D eigenvalue weighted by Crippen LogP contribution is -2.11. The molecule has 7 nitrogen and oxygen atoms in total. The van der Waals surface area contributed by atoms with E-state index in [0.717, 1.165) is 39.0 Å². The van der Waals surface area contributed by atoms with E-state index in [2.05, 4.69) is 32.5 Å². The summed E-state index contributed by atoms with van der Waals surface area (Å²) < 4.78 is 10.5. The van der Waals surface area contributed by atoms with Crippen molar-refractivity contribution in [2.24, 2.45) is 0 Å². The zero-order valence-corrected chi connectivity index (χ0v) is 11.9. The molecule has 0 bridgehead atoms. The Balaban J connectivity index is 2.28. The summed E-state index contributed by atoms with van der Waals surface area (Å²) in [5.74, 6) is 0.985. The third-order valence-corrected chi connectivity index (χ3v) is 2.41. The van der Waals surface area contributed by atoms with E-state index in [0.29, 0.717) is 17.9 Å². The number of methoxy groups -OCH3 is 1. The molecule has 1 rings (SSSR count). The van der Waals surface area contributed by atoms with Gasteiger partial charge in [-0.2, -0.15) is 15.0 Å². The van der Waals surface area contributed by atoms with Crippen molar-refractivity contribution in [3.05, 3.63) is 0 Å². The van der Waals surface area contributed by atoms with Crippen LogP contribution in [0.15, 0.2) is 0 Å². The summed E-state index contributed by atoms with van der Waals surface area (Å²) in [5, 5.41) is 5.98. The first-order valence-electron chi connectivity index (χ1n) is 6.59. The molecule has 0 aliphatic heterocycles. The van der Waals surface area contributed by atoms with Crippen molar-refractivity contribution in [3.63, 3.8) is 0 Å². The minimum Gasteiger partial charge on any atom is -0.467 e. The van der Waals surface area contributed by atoms with Crippen LogP contribution in [0.3, 0.4) is 0 Å². The Labute approximate surface area is 114 Å². The Morgan fingerprint density at radius 1 is 1.05 bits per heavy atom. The molecule has 108 valence electrons. The van der Waals surface area contributed by atoms with Crippen LogP contribution in [0, 0.1) is 0 Å². The molecule has 2 N–H and O–H groups in total. The summed E-state index contributed by atoms with van der Waals surface area (Å²) in [6, 6.07) is 0.293. The monoisotopic (exact) mass is 269 g/mol. The van der Waals surface area contributed by atoms with E-state index in [9.17, 15) is 0 Å². The topological polar surface area (TPSA) is 81.2 Å². The molecule has 0 aromatic carbocycles. The Morgan fingerprint density at radius 3 is 2.47 bits per heavy atom. The maximum Gasteiger partial charge on any atom is 0.322 e. The van der Waals surface area contributed by atoms with E-state index >= 15 is 0 Å². The third kappa shape index (κ3) is 6.19. The van der Waals surface area contributed by atoms with Crippen LogP contribution in [0.25, 0.3) is 0 Å². The summed E-state index contributed by atoms with van der Waals surface area (Å²) in [4.78, 5) is 12.3. The Hall–Kier alpha value is -1.63. The second kappa shape index (κ2) is 9.32. The highest BCUT2D eigenvalue weighted by molar-refractivity contribution is 5.35. The van der Waals surface area contributed by atoms with Gasteiger partial charge in [-0.15, -0.1) is 0 Å². The van der Waals surface area contributed by atoms with Crippen molar-refractivity contribution in [2.75, 3.05) is 44.5 Å². The molecule has 0 aliphatic carbocycles.